The Morgan fingerprint density at radius 2 is 2.08 bits per heavy atom. The van der Waals surface area contributed by atoms with Crippen molar-refractivity contribution in [2.24, 2.45) is 5.73 Å². The summed E-state index contributed by atoms with van der Waals surface area (Å²) < 4.78 is 1.24. The molecule has 1 saturated carbocycles. The fourth-order valence-corrected chi connectivity index (χ4v) is 2.56. The van der Waals surface area contributed by atoms with Crippen molar-refractivity contribution in [1.29, 1.82) is 0 Å². The molecule has 0 aliphatic heterocycles. The summed E-state index contributed by atoms with van der Waals surface area (Å²) in [7, 11) is 0. The Morgan fingerprint density at radius 3 is 2.77 bits per heavy atom. The predicted molar refractivity (Wildman–Crippen MR) is 54.7 cm³/mol. The van der Waals surface area contributed by atoms with Crippen LogP contribution in [0, 0.1) is 0 Å². The van der Waals surface area contributed by atoms with E-state index in [2.05, 4.69) is 11.1 Å². The van der Waals surface area contributed by atoms with Crippen LogP contribution >= 0.6 is 11.3 Å². The Balaban J connectivity index is 2.22. The molecular weight excluding hydrogens is 180 g/mol. The second-order valence-corrected chi connectivity index (χ2v) is 4.67. The van der Waals surface area contributed by atoms with Gasteiger partial charge in [0.1, 0.15) is 5.01 Å². The van der Waals surface area contributed by atoms with Crippen molar-refractivity contribution in [1.82, 2.24) is 4.98 Å². The third-order valence-electron chi connectivity index (χ3n) is 2.51. The largest absolute Gasteiger partial charge is 0.319 e. The summed E-state index contributed by atoms with van der Waals surface area (Å²) in [5.41, 5.74) is 7.08. The van der Waals surface area contributed by atoms with Crippen molar-refractivity contribution in [3.63, 3.8) is 0 Å². The number of hydrogen-bond acceptors (Lipinski definition) is 3. The Morgan fingerprint density at radius 1 is 1.31 bits per heavy atom. The molecule has 2 aromatic rings. The molecule has 1 fully saturated rings. The van der Waals surface area contributed by atoms with E-state index in [0.717, 1.165) is 23.4 Å². The van der Waals surface area contributed by atoms with Crippen LogP contribution in [0.1, 0.15) is 17.8 Å². The lowest BCUT2D eigenvalue weighted by Gasteiger charge is -2.00. The van der Waals surface area contributed by atoms with Gasteiger partial charge < -0.3 is 5.73 Å². The number of benzene rings is 1. The summed E-state index contributed by atoms with van der Waals surface area (Å²) in [6, 6.07) is 8.20. The fraction of sp³-hybridized carbons (Fsp3) is 0.300. The molecule has 66 valence electrons. The molecule has 13 heavy (non-hydrogen) atoms. The molecule has 0 spiro atoms. The first-order chi connectivity index (χ1) is 6.28. The summed E-state index contributed by atoms with van der Waals surface area (Å²) in [6.45, 7) is 0. The van der Waals surface area contributed by atoms with E-state index >= 15 is 0 Å². The second kappa shape index (κ2) is 2.30. The van der Waals surface area contributed by atoms with E-state index in [1.54, 1.807) is 11.3 Å². The summed E-state index contributed by atoms with van der Waals surface area (Å²) in [6.07, 6.45) is 2.18. The number of rotatable bonds is 1. The van der Waals surface area contributed by atoms with Gasteiger partial charge in [-0.05, 0) is 25.0 Å². The van der Waals surface area contributed by atoms with Gasteiger partial charge in [0.2, 0.25) is 0 Å². The zero-order valence-corrected chi connectivity index (χ0v) is 7.97. The highest BCUT2D eigenvalue weighted by Gasteiger charge is 2.42. The molecule has 0 amide bonds. The Hall–Kier alpha value is -0.930. The molecule has 0 saturated heterocycles. The molecule has 1 aliphatic carbocycles. The molecule has 1 aliphatic rings. The molecule has 3 heteroatoms. The Labute approximate surface area is 80.4 Å². The minimum Gasteiger partial charge on any atom is -0.319 e. The fourth-order valence-electron chi connectivity index (χ4n) is 1.43. The van der Waals surface area contributed by atoms with Crippen LogP contribution < -0.4 is 5.73 Å². The molecule has 1 heterocycles. The summed E-state index contributed by atoms with van der Waals surface area (Å²) in [4.78, 5) is 4.54. The van der Waals surface area contributed by atoms with Gasteiger partial charge in [-0.25, -0.2) is 4.98 Å². The molecular formula is C10H10N2S. The van der Waals surface area contributed by atoms with Crippen LogP contribution in [0.15, 0.2) is 24.3 Å². The lowest BCUT2D eigenvalue weighted by atomic mass is 10.3. The van der Waals surface area contributed by atoms with Crippen molar-refractivity contribution in [3.05, 3.63) is 29.3 Å². The maximum atomic E-state index is 6.08. The maximum absolute atomic E-state index is 6.08. The Kier molecular flexibility index (Phi) is 1.32. The van der Waals surface area contributed by atoms with E-state index in [4.69, 9.17) is 5.73 Å². The van der Waals surface area contributed by atoms with Gasteiger partial charge in [0.25, 0.3) is 0 Å². The monoisotopic (exact) mass is 190 g/mol. The van der Waals surface area contributed by atoms with Crippen LogP contribution in [0.5, 0.6) is 0 Å². The summed E-state index contributed by atoms with van der Waals surface area (Å²) in [5.74, 6) is 0. The maximum Gasteiger partial charge on any atom is 0.114 e. The van der Waals surface area contributed by atoms with Gasteiger partial charge in [0.15, 0.2) is 0 Å². The molecule has 1 aromatic carbocycles. The van der Waals surface area contributed by atoms with Gasteiger partial charge >= 0.3 is 0 Å². The predicted octanol–water partition coefficient (Wildman–Crippen LogP) is 2.24. The molecule has 0 atom stereocenters. The lowest BCUT2D eigenvalue weighted by molar-refractivity contribution is 0.734. The first-order valence-electron chi connectivity index (χ1n) is 4.43. The van der Waals surface area contributed by atoms with Gasteiger partial charge in [0.05, 0.1) is 15.8 Å². The number of thiazole rings is 1. The van der Waals surface area contributed by atoms with Crippen molar-refractivity contribution in [2.45, 2.75) is 18.4 Å². The van der Waals surface area contributed by atoms with Gasteiger partial charge in [0, 0.05) is 0 Å². The zero-order chi connectivity index (χ0) is 8.89. The van der Waals surface area contributed by atoms with Crippen LogP contribution in [0.3, 0.4) is 0 Å². The van der Waals surface area contributed by atoms with Crippen LogP contribution in [0.2, 0.25) is 0 Å². The molecule has 0 radical (unpaired) electrons. The van der Waals surface area contributed by atoms with E-state index in [9.17, 15) is 0 Å². The Bertz CT molecular complexity index is 424. The average molecular weight is 190 g/mol. The van der Waals surface area contributed by atoms with Crippen molar-refractivity contribution in [3.8, 4) is 0 Å². The van der Waals surface area contributed by atoms with Gasteiger partial charge in [-0.15, -0.1) is 11.3 Å². The summed E-state index contributed by atoms with van der Waals surface area (Å²) in [5, 5.41) is 1.11. The van der Waals surface area contributed by atoms with Crippen LogP contribution in [0.4, 0.5) is 0 Å². The lowest BCUT2D eigenvalue weighted by Crippen LogP contribution is -2.17. The molecule has 1 aromatic heterocycles. The number of aromatic nitrogens is 1. The molecule has 0 bridgehead atoms. The van der Waals surface area contributed by atoms with E-state index in [-0.39, 0.29) is 5.54 Å². The van der Waals surface area contributed by atoms with Crippen molar-refractivity contribution in [2.75, 3.05) is 0 Å². The first-order valence-corrected chi connectivity index (χ1v) is 5.25. The SMILES string of the molecule is NC1(c2nc3ccccc3s2)CC1. The minimum absolute atomic E-state index is 0.0797. The van der Waals surface area contributed by atoms with E-state index < -0.39 is 0 Å². The zero-order valence-electron chi connectivity index (χ0n) is 7.16. The molecule has 2 nitrogen and oxygen atoms in total. The topological polar surface area (TPSA) is 38.9 Å². The number of nitrogens with two attached hydrogens (primary N) is 1. The molecule has 3 rings (SSSR count). The van der Waals surface area contributed by atoms with E-state index in [0.29, 0.717) is 0 Å². The molecule has 0 unspecified atom stereocenters. The molecule has 2 N–H and O–H groups in total. The van der Waals surface area contributed by atoms with Gasteiger partial charge in [-0.2, -0.15) is 0 Å². The highest BCUT2D eigenvalue weighted by molar-refractivity contribution is 7.18. The smallest absolute Gasteiger partial charge is 0.114 e. The quantitative estimate of drug-likeness (QED) is 0.749. The van der Waals surface area contributed by atoms with Gasteiger partial charge in [-0.3, -0.25) is 0 Å². The summed E-state index contributed by atoms with van der Waals surface area (Å²) >= 11 is 1.73. The number of nitrogens with zero attached hydrogens (tertiary/aromatic N) is 1. The second-order valence-electron chi connectivity index (χ2n) is 3.64. The van der Waals surface area contributed by atoms with E-state index in [1.165, 1.54) is 4.70 Å². The van der Waals surface area contributed by atoms with Crippen LogP contribution in [0.25, 0.3) is 10.2 Å². The van der Waals surface area contributed by atoms with Gasteiger partial charge in [-0.1, -0.05) is 12.1 Å². The normalized spacial score (nSPS) is 19.2. The standard InChI is InChI=1S/C10H10N2S/c11-10(5-6-10)9-12-7-3-1-2-4-8(7)13-9/h1-4H,5-6,11H2. The van der Waals surface area contributed by atoms with Crippen LogP contribution in [-0.4, -0.2) is 4.98 Å². The number of hydrogen-bond donors (Lipinski definition) is 1. The van der Waals surface area contributed by atoms with Crippen LogP contribution in [-0.2, 0) is 5.54 Å². The highest BCUT2D eigenvalue weighted by atomic mass is 32.1. The van der Waals surface area contributed by atoms with Crippen molar-refractivity contribution >= 4 is 21.6 Å². The van der Waals surface area contributed by atoms with Crippen molar-refractivity contribution < 1.29 is 0 Å². The van der Waals surface area contributed by atoms with E-state index in [1.807, 2.05) is 18.2 Å². The third kappa shape index (κ3) is 1.08. The third-order valence-corrected chi connectivity index (χ3v) is 3.76. The first kappa shape index (κ1) is 7.47. The average Bonchev–Trinajstić information content (AvgIpc) is 2.76. The number of para-hydroxylation sites is 1. The highest BCUT2D eigenvalue weighted by Crippen LogP contribution is 2.45. The number of fused-ring (bicyclic) bond motifs is 1. The minimum atomic E-state index is -0.0797.